The Labute approximate surface area is 208 Å². The van der Waals surface area contributed by atoms with Crippen molar-refractivity contribution in [2.75, 3.05) is 5.32 Å². The quantitative estimate of drug-likeness (QED) is 0.348. The van der Waals surface area contributed by atoms with Gasteiger partial charge in [-0.3, -0.25) is 14.2 Å². The summed E-state index contributed by atoms with van der Waals surface area (Å²) in [5, 5.41) is 13.0. The summed E-state index contributed by atoms with van der Waals surface area (Å²) >= 11 is 1.61. The fraction of sp³-hybridized carbons (Fsp3) is 0.185. The first-order valence-corrected chi connectivity index (χ1v) is 12.1. The molecule has 0 bridgehead atoms. The van der Waals surface area contributed by atoms with Crippen molar-refractivity contribution in [3.63, 3.8) is 0 Å². The van der Waals surface area contributed by atoms with E-state index in [1.54, 1.807) is 16.4 Å². The van der Waals surface area contributed by atoms with Gasteiger partial charge in [-0.1, -0.05) is 42.1 Å². The summed E-state index contributed by atoms with van der Waals surface area (Å²) in [6.07, 6.45) is 0. The Hall–Kier alpha value is -3.91. The summed E-state index contributed by atoms with van der Waals surface area (Å²) < 4.78 is 3.56. The third kappa shape index (κ3) is 4.21. The fourth-order valence-electron chi connectivity index (χ4n) is 4.36. The van der Waals surface area contributed by atoms with Gasteiger partial charge in [0.2, 0.25) is 0 Å². The van der Waals surface area contributed by atoms with Crippen LogP contribution in [0.2, 0.25) is 0 Å². The SMILES string of the molecule is Cc1nn(C)c(C)c1-c1cc(C(=O)Nc2ccccc2Sc2ccccc2)c2c(C)nn(C)c2n1. The summed E-state index contributed by atoms with van der Waals surface area (Å²) in [5.41, 5.74) is 6.22. The molecular weight excluding hydrogens is 456 g/mol. The third-order valence-electron chi connectivity index (χ3n) is 6.08. The third-order valence-corrected chi connectivity index (χ3v) is 7.17. The minimum Gasteiger partial charge on any atom is -0.321 e. The maximum atomic E-state index is 13.7. The Balaban J connectivity index is 1.59. The summed E-state index contributed by atoms with van der Waals surface area (Å²) in [6, 6.07) is 19.8. The highest BCUT2D eigenvalue weighted by Gasteiger charge is 2.22. The zero-order valence-corrected chi connectivity index (χ0v) is 21.1. The zero-order chi connectivity index (χ0) is 24.7. The minimum absolute atomic E-state index is 0.199. The Kier molecular flexibility index (Phi) is 5.90. The Morgan fingerprint density at radius 1 is 0.886 bits per heavy atom. The number of carbonyl (C=O) groups is 1. The Bertz CT molecular complexity index is 1570. The van der Waals surface area contributed by atoms with Crippen molar-refractivity contribution in [3.05, 3.63) is 83.3 Å². The number of benzene rings is 2. The summed E-state index contributed by atoms with van der Waals surface area (Å²) in [6.45, 7) is 5.87. The van der Waals surface area contributed by atoms with Crippen molar-refractivity contribution in [1.82, 2.24) is 24.5 Å². The lowest BCUT2D eigenvalue weighted by Gasteiger charge is -2.13. The van der Waals surface area contributed by atoms with E-state index in [0.717, 1.165) is 43.5 Å². The molecule has 3 aromatic heterocycles. The minimum atomic E-state index is -0.199. The molecule has 5 aromatic rings. The Morgan fingerprint density at radius 3 is 2.29 bits per heavy atom. The fourth-order valence-corrected chi connectivity index (χ4v) is 5.28. The molecule has 0 spiro atoms. The summed E-state index contributed by atoms with van der Waals surface area (Å²) in [4.78, 5) is 20.7. The lowest BCUT2D eigenvalue weighted by molar-refractivity contribution is 0.102. The van der Waals surface area contributed by atoms with Crippen LogP contribution in [0.3, 0.4) is 0 Å². The number of aromatic nitrogens is 5. The van der Waals surface area contributed by atoms with Gasteiger partial charge in [0.1, 0.15) is 0 Å². The van der Waals surface area contributed by atoms with E-state index in [1.807, 2.05) is 88.1 Å². The molecule has 0 aliphatic carbocycles. The van der Waals surface area contributed by atoms with Crippen LogP contribution in [0.1, 0.15) is 27.4 Å². The molecule has 3 heterocycles. The van der Waals surface area contributed by atoms with Crippen molar-refractivity contribution < 1.29 is 4.79 Å². The number of amides is 1. The van der Waals surface area contributed by atoms with Crippen molar-refractivity contribution in [3.8, 4) is 11.3 Å². The molecule has 176 valence electrons. The molecule has 1 N–H and O–H groups in total. The molecule has 1 amide bonds. The van der Waals surface area contributed by atoms with Crippen molar-refractivity contribution >= 4 is 34.4 Å². The van der Waals surface area contributed by atoms with Gasteiger partial charge in [0.25, 0.3) is 5.91 Å². The molecular formula is C27H26N6OS. The van der Waals surface area contributed by atoms with Crippen molar-refractivity contribution in [2.24, 2.45) is 14.1 Å². The van der Waals surface area contributed by atoms with Gasteiger partial charge in [-0.25, -0.2) is 4.98 Å². The van der Waals surface area contributed by atoms with Gasteiger partial charge in [-0.2, -0.15) is 10.2 Å². The second-order valence-corrected chi connectivity index (χ2v) is 9.61. The second kappa shape index (κ2) is 9.03. The van der Waals surface area contributed by atoms with Gasteiger partial charge in [-0.15, -0.1) is 0 Å². The average molecular weight is 483 g/mol. The van der Waals surface area contributed by atoms with E-state index in [4.69, 9.17) is 4.98 Å². The standard InChI is InChI=1S/C27H26N6OS/c1-16-24(18(3)32(4)30-16)22-15-20(25-17(2)31-33(5)26(25)28-22)27(34)29-21-13-9-10-14-23(21)35-19-11-7-6-8-12-19/h6-15H,1-5H3,(H,29,34). The normalized spacial score (nSPS) is 11.2. The number of anilines is 1. The van der Waals surface area contributed by atoms with Crippen LogP contribution in [-0.2, 0) is 14.1 Å². The molecule has 0 aliphatic heterocycles. The molecule has 2 aromatic carbocycles. The van der Waals surface area contributed by atoms with Crippen LogP contribution < -0.4 is 5.32 Å². The molecule has 0 radical (unpaired) electrons. The summed E-state index contributed by atoms with van der Waals surface area (Å²) in [7, 11) is 3.76. The molecule has 0 saturated heterocycles. The number of fused-ring (bicyclic) bond motifs is 1. The zero-order valence-electron chi connectivity index (χ0n) is 20.3. The number of rotatable bonds is 5. The maximum Gasteiger partial charge on any atom is 0.256 e. The van der Waals surface area contributed by atoms with Crippen LogP contribution in [-0.4, -0.2) is 30.5 Å². The molecule has 7 nitrogen and oxygen atoms in total. The van der Waals surface area contributed by atoms with E-state index < -0.39 is 0 Å². The van der Waals surface area contributed by atoms with Crippen LogP contribution >= 0.6 is 11.8 Å². The highest BCUT2D eigenvalue weighted by molar-refractivity contribution is 7.99. The predicted molar refractivity (Wildman–Crippen MR) is 140 cm³/mol. The monoisotopic (exact) mass is 482 g/mol. The van der Waals surface area contributed by atoms with E-state index in [-0.39, 0.29) is 5.91 Å². The summed E-state index contributed by atoms with van der Waals surface area (Å²) in [5.74, 6) is -0.199. The number of para-hydroxylation sites is 1. The maximum absolute atomic E-state index is 13.7. The van der Waals surface area contributed by atoms with Gasteiger partial charge in [0.05, 0.1) is 33.7 Å². The largest absolute Gasteiger partial charge is 0.321 e. The highest BCUT2D eigenvalue weighted by atomic mass is 32.2. The van der Waals surface area contributed by atoms with Crippen LogP contribution in [0.4, 0.5) is 5.69 Å². The molecule has 5 rings (SSSR count). The molecule has 35 heavy (non-hydrogen) atoms. The first kappa shape index (κ1) is 22.9. The topological polar surface area (TPSA) is 77.6 Å². The molecule has 8 heteroatoms. The van der Waals surface area contributed by atoms with Crippen LogP contribution in [0.25, 0.3) is 22.3 Å². The van der Waals surface area contributed by atoms with Gasteiger partial charge in [0.15, 0.2) is 5.65 Å². The van der Waals surface area contributed by atoms with E-state index in [2.05, 4.69) is 27.6 Å². The first-order chi connectivity index (χ1) is 16.8. The molecule has 0 aliphatic rings. The van der Waals surface area contributed by atoms with Gasteiger partial charge >= 0.3 is 0 Å². The number of pyridine rings is 1. The predicted octanol–water partition coefficient (Wildman–Crippen LogP) is 5.70. The van der Waals surface area contributed by atoms with Crippen LogP contribution in [0.5, 0.6) is 0 Å². The molecule has 0 unspecified atom stereocenters. The molecule has 0 fully saturated rings. The number of hydrogen-bond acceptors (Lipinski definition) is 5. The number of hydrogen-bond donors (Lipinski definition) is 1. The van der Waals surface area contributed by atoms with E-state index in [9.17, 15) is 4.79 Å². The van der Waals surface area contributed by atoms with Gasteiger partial charge < -0.3 is 5.32 Å². The average Bonchev–Trinajstić information content (AvgIpc) is 3.27. The molecule has 0 saturated carbocycles. The van der Waals surface area contributed by atoms with Crippen molar-refractivity contribution in [1.29, 1.82) is 0 Å². The first-order valence-electron chi connectivity index (χ1n) is 11.3. The smallest absolute Gasteiger partial charge is 0.256 e. The number of nitrogens with one attached hydrogen (secondary N) is 1. The number of carbonyl (C=O) groups excluding carboxylic acids is 1. The Morgan fingerprint density at radius 2 is 1.57 bits per heavy atom. The van der Waals surface area contributed by atoms with E-state index in [1.165, 1.54) is 0 Å². The number of aryl methyl sites for hydroxylation is 4. The van der Waals surface area contributed by atoms with Crippen LogP contribution in [0.15, 0.2) is 70.5 Å². The van der Waals surface area contributed by atoms with Gasteiger partial charge in [0, 0.05) is 35.1 Å². The lowest BCUT2D eigenvalue weighted by atomic mass is 10.0. The van der Waals surface area contributed by atoms with E-state index >= 15 is 0 Å². The lowest BCUT2D eigenvalue weighted by Crippen LogP contribution is -2.14. The van der Waals surface area contributed by atoms with Crippen LogP contribution in [0, 0.1) is 20.8 Å². The second-order valence-electron chi connectivity index (χ2n) is 8.50. The number of nitrogens with zero attached hydrogens (tertiary/aromatic N) is 5. The molecule has 0 atom stereocenters. The van der Waals surface area contributed by atoms with E-state index in [0.29, 0.717) is 16.9 Å². The highest BCUT2D eigenvalue weighted by Crippen LogP contribution is 2.35. The van der Waals surface area contributed by atoms with Crippen molar-refractivity contribution in [2.45, 2.75) is 30.6 Å². The van der Waals surface area contributed by atoms with Gasteiger partial charge in [-0.05, 0) is 51.1 Å².